The predicted octanol–water partition coefficient (Wildman–Crippen LogP) is 3.06. The molecule has 0 N–H and O–H groups in total. The van der Waals surface area contributed by atoms with Gasteiger partial charge in [-0.25, -0.2) is 0 Å². The Balaban J connectivity index is 1.83. The monoisotopic (exact) mass is 431 g/mol. The van der Waals surface area contributed by atoms with Crippen LogP contribution in [-0.2, 0) is 12.8 Å². The molecule has 0 aliphatic rings. The molecule has 0 aliphatic carbocycles. The Morgan fingerprint density at radius 2 is 1.24 bits per heavy atom. The predicted molar refractivity (Wildman–Crippen MR) is 93.5 cm³/mol. The van der Waals surface area contributed by atoms with Crippen molar-refractivity contribution in [1.82, 2.24) is 9.97 Å². The molecule has 0 saturated carbocycles. The maximum absolute atomic E-state index is 4.37. The first-order valence-electron chi connectivity index (χ1n) is 7.07. The van der Waals surface area contributed by atoms with Crippen molar-refractivity contribution in [2.75, 3.05) is 12.3 Å². The number of aromatic nitrogens is 2. The molecule has 0 aliphatic heterocycles. The van der Waals surface area contributed by atoms with E-state index in [2.05, 4.69) is 65.4 Å². The first kappa shape index (κ1) is 17.1. The van der Waals surface area contributed by atoms with E-state index < -0.39 is 4.64 Å². The van der Waals surface area contributed by atoms with E-state index in [0.717, 1.165) is 24.2 Å². The zero-order chi connectivity index (χ0) is 15.3. The Kier molecular flexibility index (Phi) is 6.41. The molecule has 0 aromatic carbocycles. The number of rotatable bonds is 6. The van der Waals surface area contributed by atoms with Crippen LogP contribution >= 0.6 is 4.64 Å². The summed E-state index contributed by atoms with van der Waals surface area (Å²) in [4.78, 5) is 8.73. The van der Waals surface area contributed by atoms with Crippen molar-refractivity contribution in [2.24, 2.45) is 0 Å². The summed E-state index contributed by atoms with van der Waals surface area (Å²) in [5.74, 6) is 0. The second-order valence-corrected chi connectivity index (χ2v) is 20.2. The topological polar surface area (TPSA) is 25.8 Å². The minimum atomic E-state index is -1.10. The van der Waals surface area contributed by atoms with Gasteiger partial charge in [0.2, 0.25) is 0 Å². The summed E-state index contributed by atoms with van der Waals surface area (Å²) in [6.45, 7) is 4.05. The summed E-state index contributed by atoms with van der Waals surface area (Å²) in [6, 6.07) is 8.55. The average Bonchev–Trinajstić information content (AvgIpc) is 2.46. The molecule has 0 spiro atoms. The third kappa shape index (κ3) is 6.18. The van der Waals surface area contributed by atoms with E-state index in [1.165, 1.54) is 23.5 Å². The van der Waals surface area contributed by atoms with Crippen molar-refractivity contribution in [3.05, 3.63) is 59.2 Å². The second kappa shape index (κ2) is 7.86. The van der Waals surface area contributed by atoms with Crippen LogP contribution in [0.5, 0.6) is 0 Å². The molecule has 2 aromatic heterocycles. The standard InChI is InChI=1S/C16H21N2PSe2/c1-13-3-5-15(11-17-13)7-9-19(20,21)10-8-16-6-4-14(2)18-12-16/h3-6,11-12H,7-10H2,1-2H3,(H,20,21)/p-1. The van der Waals surface area contributed by atoms with Crippen molar-refractivity contribution >= 4 is 35.8 Å². The Hall–Kier alpha value is -0.231. The molecule has 21 heavy (non-hydrogen) atoms. The van der Waals surface area contributed by atoms with Crippen LogP contribution in [-0.4, -0.2) is 53.4 Å². The molecule has 2 rings (SSSR count). The van der Waals surface area contributed by atoms with Crippen molar-refractivity contribution in [2.45, 2.75) is 26.7 Å². The average molecular weight is 429 g/mol. The molecule has 5 heteroatoms. The second-order valence-electron chi connectivity index (χ2n) is 5.38. The number of pyridine rings is 2. The first-order chi connectivity index (χ1) is 9.94. The van der Waals surface area contributed by atoms with Crippen LogP contribution in [0.15, 0.2) is 36.7 Å². The molecule has 112 valence electrons. The van der Waals surface area contributed by atoms with Crippen LogP contribution in [0, 0.1) is 13.8 Å². The van der Waals surface area contributed by atoms with Gasteiger partial charge in [-0.15, -0.1) is 0 Å². The van der Waals surface area contributed by atoms with Gasteiger partial charge in [-0.1, -0.05) is 0 Å². The Morgan fingerprint density at radius 1 is 0.810 bits per heavy atom. The molecule has 0 radical (unpaired) electrons. The quantitative estimate of drug-likeness (QED) is 0.521. The van der Waals surface area contributed by atoms with Gasteiger partial charge in [0.15, 0.2) is 0 Å². The SMILES string of the molecule is Cc1ccc(CC[P+]([Se-])([Se-])CCc2ccc(C)nc2)cn1. The van der Waals surface area contributed by atoms with E-state index in [1.54, 1.807) is 0 Å². The molecule has 0 unspecified atom stereocenters. The van der Waals surface area contributed by atoms with Crippen molar-refractivity contribution in [3.8, 4) is 0 Å². The van der Waals surface area contributed by atoms with E-state index >= 15 is 0 Å². The van der Waals surface area contributed by atoms with Gasteiger partial charge >= 0.3 is 144 Å². The van der Waals surface area contributed by atoms with Gasteiger partial charge < -0.3 is 0 Å². The van der Waals surface area contributed by atoms with Gasteiger partial charge in [-0.2, -0.15) is 0 Å². The Labute approximate surface area is 143 Å². The normalized spacial score (nSPS) is 11.6. The number of nitrogens with zero attached hydrogens (tertiary/aromatic N) is 2. The van der Waals surface area contributed by atoms with E-state index in [1.807, 2.05) is 26.2 Å². The molecule has 2 heterocycles. The molecule has 0 fully saturated rings. The molecule has 0 atom stereocenters. The van der Waals surface area contributed by atoms with Gasteiger partial charge in [0, 0.05) is 0 Å². The van der Waals surface area contributed by atoms with Crippen LogP contribution in [0.4, 0.5) is 0 Å². The third-order valence-corrected chi connectivity index (χ3v) is 9.83. The summed E-state index contributed by atoms with van der Waals surface area (Å²) >= 11 is 6.86. The summed E-state index contributed by atoms with van der Waals surface area (Å²) in [7, 11) is 0. The summed E-state index contributed by atoms with van der Waals surface area (Å²) < 4.78 is -1.10. The van der Waals surface area contributed by atoms with E-state index in [4.69, 9.17) is 0 Å². The molecule has 0 saturated heterocycles. The summed E-state index contributed by atoms with van der Waals surface area (Å²) in [5, 5.41) is 0. The fourth-order valence-electron chi connectivity index (χ4n) is 2.00. The molecular formula is C16H20N2PSe2-. The first-order valence-corrected chi connectivity index (χ1v) is 13.7. The Bertz CT molecular complexity index is 516. The van der Waals surface area contributed by atoms with Gasteiger partial charge in [-0.05, 0) is 0 Å². The van der Waals surface area contributed by atoms with Crippen molar-refractivity contribution < 1.29 is 0 Å². The maximum atomic E-state index is 4.37. The molecule has 2 nitrogen and oxygen atoms in total. The van der Waals surface area contributed by atoms with Gasteiger partial charge in [-0.3, -0.25) is 0 Å². The minimum absolute atomic E-state index is 1.08. The van der Waals surface area contributed by atoms with Crippen LogP contribution in [0.3, 0.4) is 0 Å². The van der Waals surface area contributed by atoms with Gasteiger partial charge in [0.25, 0.3) is 0 Å². The van der Waals surface area contributed by atoms with Crippen LogP contribution in [0.1, 0.15) is 22.5 Å². The van der Waals surface area contributed by atoms with Crippen LogP contribution in [0.25, 0.3) is 0 Å². The van der Waals surface area contributed by atoms with E-state index in [0.29, 0.717) is 0 Å². The fourth-order valence-corrected chi connectivity index (χ4v) is 5.72. The van der Waals surface area contributed by atoms with Crippen molar-refractivity contribution in [3.63, 3.8) is 0 Å². The van der Waals surface area contributed by atoms with E-state index in [-0.39, 0.29) is 0 Å². The fraction of sp³-hybridized carbons (Fsp3) is 0.375. The number of hydrogen-bond donors (Lipinski definition) is 0. The number of aryl methyl sites for hydroxylation is 4. The van der Waals surface area contributed by atoms with Gasteiger partial charge in [0.05, 0.1) is 0 Å². The Morgan fingerprint density at radius 3 is 1.57 bits per heavy atom. The molecule has 2 aromatic rings. The molecule has 0 amide bonds. The third-order valence-electron chi connectivity index (χ3n) is 3.43. The summed E-state index contributed by atoms with van der Waals surface area (Å²) in [6.07, 6.45) is 8.56. The van der Waals surface area contributed by atoms with Crippen molar-refractivity contribution in [1.29, 1.82) is 0 Å². The van der Waals surface area contributed by atoms with Crippen LogP contribution < -0.4 is 0 Å². The zero-order valence-corrected chi connectivity index (χ0v) is 16.8. The number of hydrogen-bond acceptors (Lipinski definition) is 2. The van der Waals surface area contributed by atoms with Gasteiger partial charge in [0.1, 0.15) is 0 Å². The summed E-state index contributed by atoms with van der Waals surface area (Å²) in [5.41, 5.74) is 4.82. The molecular weight excluding hydrogens is 409 g/mol. The zero-order valence-electron chi connectivity index (χ0n) is 12.5. The van der Waals surface area contributed by atoms with E-state index in [9.17, 15) is 0 Å². The molecule has 0 bridgehead atoms. The van der Waals surface area contributed by atoms with Crippen LogP contribution in [0.2, 0.25) is 0 Å².